The van der Waals surface area contributed by atoms with E-state index >= 15 is 0 Å². The first-order valence-corrected chi connectivity index (χ1v) is 9.90. The van der Waals surface area contributed by atoms with E-state index in [4.69, 9.17) is 22.7 Å². The van der Waals surface area contributed by atoms with Crippen LogP contribution in [-0.2, 0) is 10.0 Å². The van der Waals surface area contributed by atoms with Crippen molar-refractivity contribution in [3.8, 4) is 0 Å². The summed E-state index contributed by atoms with van der Waals surface area (Å²) < 4.78 is 25.9. The summed E-state index contributed by atoms with van der Waals surface area (Å²) in [5.41, 5.74) is 6.62. The van der Waals surface area contributed by atoms with E-state index in [-0.39, 0.29) is 27.1 Å². The monoisotopic (exact) mass is 410 g/mol. The Bertz CT molecular complexity index is 1010. The molecule has 0 unspecified atom stereocenters. The standard InChI is InChI=1S/C16H19ClN6O3S/c1-22(2)27(25,26)10-5-6-12(17)13(7-10)23(16(18)19)15(24)11-8-20-21-14(11)9-3-4-9/h5-9H,3-4H2,1-2H3,(H3,18,19)(H,20,21). The van der Waals surface area contributed by atoms with Crippen molar-refractivity contribution in [1.29, 1.82) is 5.41 Å². The van der Waals surface area contributed by atoms with Crippen molar-refractivity contribution in [3.05, 3.63) is 40.7 Å². The minimum absolute atomic E-state index is 0.0139. The molecule has 0 bridgehead atoms. The van der Waals surface area contributed by atoms with E-state index in [9.17, 15) is 13.2 Å². The van der Waals surface area contributed by atoms with Gasteiger partial charge in [0.15, 0.2) is 5.96 Å². The van der Waals surface area contributed by atoms with Crippen molar-refractivity contribution in [1.82, 2.24) is 14.5 Å². The van der Waals surface area contributed by atoms with Crippen molar-refractivity contribution < 1.29 is 13.2 Å². The minimum atomic E-state index is -3.76. The number of nitrogens with two attached hydrogens (primary N) is 1. The summed E-state index contributed by atoms with van der Waals surface area (Å²) >= 11 is 6.21. The van der Waals surface area contributed by atoms with Gasteiger partial charge in [-0.15, -0.1) is 0 Å². The molecule has 1 aromatic carbocycles. The number of H-pyrrole nitrogens is 1. The number of nitrogens with zero attached hydrogens (tertiary/aromatic N) is 3. The van der Waals surface area contributed by atoms with E-state index in [0.717, 1.165) is 22.0 Å². The number of benzene rings is 1. The highest BCUT2D eigenvalue weighted by Gasteiger charge is 2.33. The van der Waals surface area contributed by atoms with Crippen LogP contribution in [-0.4, -0.2) is 48.9 Å². The number of aromatic amines is 1. The number of hydrogen-bond donors (Lipinski definition) is 3. The Morgan fingerprint density at radius 3 is 2.59 bits per heavy atom. The highest BCUT2D eigenvalue weighted by Crippen LogP contribution is 2.41. The van der Waals surface area contributed by atoms with Gasteiger partial charge in [-0.1, -0.05) is 11.6 Å². The molecule has 3 rings (SSSR count). The van der Waals surface area contributed by atoms with Crippen LogP contribution in [0.1, 0.15) is 34.8 Å². The molecule has 11 heteroatoms. The molecule has 1 aliphatic carbocycles. The van der Waals surface area contributed by atoms with E-state index in [1.165, 1.54) is 38.5 Å². The maximum atomic E-state index is 13.1. The van der Waals surface area contributed by atoms with Gasteiger partial charge in [0, 0.05) is 20.0 Å². The van der Waals surface area contributed by atoms with E-state index in [0.29, 0.717) is 5.69 Å². The number of nitrogens with one attached hydrogen (secondary N) is 2. The largest absolute Gasteiger partial charge is 0.369 e. The summed E-state index contributed by atoms with van der Waals surface area (Å²) in [7, 11) is -0.972. The summed E-state index contributed by atoms with van der Waals surface area (Å²) in [6.07, 6.45) is 3.26. The lowest BCUT2D eigenvalue weighted by atomic mass is 10.1. The number of carbonyl (C=O) groups is 1. The predicted octanol–water partition coefficient (Wildman–Crippen LogP) is 1.73. The van der Waals surface area contributed by atoms with Crippen LogP contribution in [0.5, 0.6) is 0 Å². The van der Waals surface area contributed by atoms with Crippen LogP contribution in [0.3, 0.4) is 0 Å². The minimum Gasteiger partial charge on any atom is -0.369 e. The third-order valence-corrected chi connectivity index (χ3v) is 6.40. The van der Waals surface area contributed by atoms with Gasteiger partial charge in [-0.25, -0.2) is 17.6 Å². The van der Waals surface area contributed by atoms with Gasteiger partial charge in [0.1, 0.15) is 0 Å². The van der Waals surface area contributed by atoms with Crippen molar-refractivity contribution in [2.45, 2.75) is 23.7 Å². The lowest BCUT2D eigenvalue weighted by molar-refractivity contribution is 0.100. The van der Waals surface area contributed by atoms with Gasteiger partial charge >= 0.3 is 0 Å². The van der Waals surface area contributed by atoms with Gasteiger partial charge in [-0.2, -0.15) is 5.10 Å². The second kappa shape index (κ2) is 6.95. The summed E-state index contributed by atoms with van der Waals surface area (Å²) in [4.78, 5) is 13.9. The molecular weight excluding hydrogens is 392 g/mol. The number of anilines is 1. The van der Waals surface area contributed by atoms with E-state index < -0.39 is 21.9 Å². The molecule has 1 amide bonds. The smallest absolute Gasteiger partial charge is 0.268 e. The molecule has 1 fully saturated rings. The van der Waals surface area contributed by atoms with Crippen LogP contribution in [0.4, 0.5) is 5.69 Å². The Morgan fingerprint density at radius 1 is 1.37 bits per heavy atom. The number of sulfonamides is 1. The SMILES string of the molecule is CN(C)S(=O)(=O)c1ccc(Cl)c(N(C(=N)N)C(=O)c2cn[nH]c2C2CC2)c1. The molecule has 0 spiro atoms. The lowest BCUT2D eigenvalue weighted by Crippen LogP contribution is -2.42. The summed E-state index contributed by atoms with van der Waals surface area (Å²) in [5, 5.41) is 14.7. The Morgan fingerprint density at radius 2 is 2.04 bits per heavy atom. The molecule has 1 saturated carbocycles. The molecule has 0 atom stereocenters. The van der Waals surface area contributed by atoms with E-state index in [1.807, 2.05) is 0 Å². The van der Waals surface area contributed by atoms with Crippen LogP contribution in [0, 0.1) is 5.41 Å². The second-order valence-electron chi connectivity index (χ2n) is 6.40. The Labute approximate surface area is 161 Å². The Balaban J connectivity index is 2.09. The first-order chi connectivity index (χ1) is 12.6. The van der Waals surface area contributed by atoms with Crippen molar-refractivity contribution in [2.24, 2.45) is 5.73 Å². The fourth-order valence-corrected chi connectivity index (χ4v) is 3.78. The highest BCUT2D eigenvalue weighted by atomic mass is 35.5. The molecule has 2 aromatic rings. The van der Waals surface area contributed by atoms with Crippen LogP contribution < -0.4 is 10.6 Å². The maximum Gasteiger partial charge on any atom is 0.268 e. The normalized spacial score (nSPS) is 14.4. The van der Waals surface area contributed by atoms with Gasteiger partial charge in [0.25, 0.3) is 5.91 Å². The van der Waals surface area contributed by atoms with Crippen molar-refractivity contribution in [2.75, 3.05) is 19.0 Å². The molecule has 1 heterocycles. The van der Waals surface area contributed by atoms with Crippen LogP contribution >= 0.6 is 11.6 Å². The molecular formula is C16H19ClN6O3S. The molecule has 0 radical (unpaired) electrons. The summed E-state index contributed by atoms with van der Waals surface area (Å²) in [6, 6.07) is 3.92. The molecule has 1 aromatic heterocycles. The lowest BCUT2D eigenvalue weighted by Gasteiger charge is -2.23. The first kappa shape index (κ1) is 19.3. The summed E-state index contributed by atoms with van der Waals surface area (Å²) in [5.74, 6) is -0.958. The van der Waals surface area contributed by atoms with Gasteiger partial charge in [-0.3, -0.25) is 15.3 Å². The van der Waals surface area contributed by atoms with Crippen LogP contribution in [0.25, 0.3) is 0 Å². The maximum absolute atomic E-state index is 13.1. The summed E-state index contributed by atoms with van der Waals surface area (Å²) in [6.45, 7) is 0. The molecule has 9 nitrogen and oxygen atoms in total. The quantitative estimate of drug-likeness (QED) is 0.509. The molecule has 0 aliphatic heterocycles. The number of carbonyl (C=O) groups excluding carboxylic acids is 1. The number of guanidine groups is 1. The van der Waals surface area contributed by atoms with Crippen LogP contribution in [0.2, 0.25) is 5.02 Å². The van der Waals surface area contributed by atoms with Crippen LogP contribution in [0.15, 0.2) is 29.3 Å². The number of halogens is 1. The third kappa shape index (κ3) is 3.55. The number of hydrogen-bond acceptors (Lipinski definition) is 5. The van der Waals surface area contributed by atoms with Crippen molar-refractivity contribution in [3.63, 3.8) is 0 Å². The van der Waals surface area contributed by atoms with E-state index in [1.54, 1.807) is 0 Å². The molecule has 4 N–H and O–H groups in total. The number of rotatable bonds is 5. The number of amides is 1. The fourth-order valence-electron chi connectivity index (χ4n) is 2.65. The molecule has 144 valence electrons. The number of aromatic nitrogens is 2. The van der Waals surface area contributed by atoms with Crippen molar-refractivity contribution >= 4 is 39.2 Å². The second-order valence-corrected chi connectivity index (χ2v) is 8.96. The zero-order valence-corrected chi connectivity index (χ0v) is 16.3. The third-order valence-electron chi connectivity index (χ3n) is 4.27. The Kier molecular flexibility index (Phi) is 4.98. The molecule has 0 saturated heterocycles. The van der Waals surface area contributed by atoms with Gasteiger partial charge in [-0.05, 0) is 31.0 Å². The zero-order chi connectivity index (χ0) is 19.9. The highest BCUT2D eigenvalue weighted by molar-refractivity contribution is 7.89. The average Bonchev–Trinajstić information content (AvgIpc) is 3.32. The molecule has 27 heavy (non-hydrogen) atoms. The van der Waals surface area contributed by atoms with Gasteiger partial charge in [0.05, 0.1) is 33.1 Å². The average molecular weight is 411 g/mol. The fraction of sp³-hybridized carbons (Fsp3) is 0.312. The zero-order valence-electron chi connectivity index (χ0n) is 14.7. The topological polar surface area (TPSA) is 136 Å². The Hall–Kier alpha value is -2.43. The predicted molar refractivity (Wildman–Crippen MR) is 102 cm³/mol. The molecule has 1 aliphatic rings. The van der Waals surface area contributed by atoms with E-state index in [2.05, 4.69) is 10.2 Å². The first-order valence-electron chi connectivity index (χ1n) is 8.08. The van der Waals surface area contributed by atoms with Gasteiger partial charge < -0.3 is 5.73 Å². The van der Waals surface area contributed by atoms with Gasteiger partial charge in [0.2, 0.25) is 10.0 Å².